The molecule has 7 nitrogen and oxygen atoms in total. The normalized spacial score (nSPS) is 14.1. The lowest BCUT2D eigenvalue weighted by Gasteiger charge is -2.29. The number of hydrogen-bond acceptors (Lipinski definition) is 7. The molecule has 4 heterocycles. The van der Waals surface area contributed by atoms with E-state index >= 15 is 0 Å². The molecule has 31 heavy (non-hydrogen) atoms. The van der Waals surface area contributed by atoms with Gasteiger partial charge in [0.25, 0.3) is 0 Å². The van der Waals surface area contributed by atoms with Crippen LogP contribution in [0.25, 0.3) is 17.1 Å². The molecule has 158 valence electrons. The molecule has 1 aliphatic heterocycles. The van der Waals surface area contributed by atoms with Crippen LogP contribution in [0.5, 0.6) is 0 Å². The van der Waals surface area contributed by atoms with Gasteiger partial charge in [0.05, 0.1) is 24.6 Å². The zero-order chi connectivity index (χ0) is 21.2. The summed E-state index contributed by atoms with van der Waals surface area (Å²) in [6.45, 7) is 7.48. The van der Waals surface area contributed by atoms with Gasteiger partial charge in [-0.1, -0.05) is 6.07 Å². The molecule has 0 amide bonds. The third kappa shape index (κ3) is 4.30. The first-order valence-electron chi connectivity index (χ1n) is 10.3. The SMILES string of the molecule is Cc1cn(-c2ccc(-c3csc(Nc4cc(N5CCOCC5)ccc4C)n3)cn2)cn1. The molecule has 0 spiro atoms. The Bertz CT molecular complexity index is 1180. The maximum Gasteiger partial charge on any atom is 0.187 e. The molecule has 8 heteroatoms. The first-order chi connectivity index (χ1) is 15.2. The van der Waals surface area contributed by atoms with Crippen LogP contribution in [-0.2, 0) is 4.74 Å². The van der Waals surface area contributed by atoms with Crippen LogP contribution in [-0.4, -0.2) is 45.8 Å². The van der Waals surface area contributed by atoms with Gasteiger partial charge in [-0.3, -0.25) is 4.57 Å². The van der Waals surface area contributed by atoms with E-state index in [1.54, 1.807) is 17.7 Å². The predicted molar refractivity (Wildman–Crippen MR) is 125 cm³/mol. The molecule has 0 radical (unpaired) electrons. The third-order valence-corrected chi connectivity index (χ3v) is 6.12. The molecule has 0 atom stereocenters. The van der Waals surface area contributed by atoms with Crippen molar-refractivity contribution in [3.05, 3.63) is 65.7 Å². The van der Waals surface area contributed by atoms with Crippen molar-refractivity contribution in [3.63, 3.8) is 0 Å². The molecule has 1 fully saturated rings. The summed E-state index contributed by atoms with van der Waals surface area (Å²) < 4.78 is 7.39. The predicted octanol–water partition coefficient (Wildman–Crippen LogP) is 4.59. The Hall–Kier alpha value is -3.23. The Morgan fingerprint density at radius 3 is 2.68 bits per heavy atom. The largest absolute Gasteiger partial charge is 0.378 e. The highest BCUT2D eigenvalue weighted by molar-refractivity contribution is 7.14. The van der Waals surface area contributed by atoms with E-state index in [9.17, 15) is 0 Å². The van der Waals surface area contributed by atoms with Crippen molar-refractivity contribution in [1.82, 2.24) is 19.5 Å². The van der Waals surface area contributed by atoms with Crippen molar-refractivity contribution in [3.8, 4) is 17.1 Å². The number of aromatic nitrogens is 4. The molecule has 4 aromatic rings. The van der Waals surface area contributed by atoms with Gasteiger partial charge in [0.15, 0.2) is 5.13 Å². The number of morpholine rings is 1. The molecule has 1 aromatic carbocycles. The van der Waals surface area contributed by atoms with Crippen molar-refractivity contribution >= 4 is 27.8 Å². The van der Waals surface area contributed by atoms with Gasteiger partial charge in [0, 0.05) is 47.8 Å². The minimum absolute atomic E-state index is 0.778. The van der Waals surface area contributed by atoms with Crippen molar-refractivity contribution in [2.45, 2.75) is 13.8 Å². The molecule has 5 rings (SSSR count). The van der Waals surface area contributed by atoms with Gasteiger partial charge < -0.3 is 15.0 Å². The first-order valence-corrected chi connectivity index (χ1v) is 11.2. The Kier molecular flexibility index (Phi) is 5.40. The van der Waals surface area contributed by atoms with Crippen LogP contribution in [0.2, 0.25) is 0 Å². The number of benzene rings is 1. The Morgan fingerprint density at radius 2 is 1.94 bits per heavy atom. The average Bonchev–Trinajstić information content (AvgIpc) is 3.45. The van der Waals surface area contributed by atoms with E-state index in [-0.39, 0.29) is 0 Å². The number of rotatable bonds is 5. The molecular formula is C23H24N6OS. The number of nitrogens with one attached hydrogen (secondary N) is 1. The molecule has 1 saturated heterocycles. The zero-order valence-electron chi connectivity index (χ0n) is 17.6. The molecule has 0 bridgehead atoms. The fourth-order valence-electron chi connectivity index (χ4n) is 3.58. The van der Waals surface area contributed by atoms with Crippen LogP contribution >= 0.6 is 11.3 Å². The smallest absolute Gasteiger partial charge is 0.187 e. The summed E-state index contributed by atoms with van der Waals surface area (Å²) in [5, 5.41) is 6.42. The fraction of sp³-hybridized carbons (Fsp3) is 0.261. The summed E-state index contributed by atoms with van der Waals surface area (Å²) in [6, 6.07) is 10.6. The number of hydrogen-bond donors (Lipinski definition) is 1. The maximum absolute atomic E-state index is 5.47. The van der Waals surface area contributed by atoms with Gasteiger partial charge in [0.1, 0.15) is 12.1 Å². The van der Waals surface area contributed by atoms with E-state index in [0.29, 0.717) is 0 Å². The van der Waals surface area contributed by atoms with Gasteiger partial charge >= 0.3 is 0 Å². The summed E-state index contributed by atoms with van der Waals surface area (Å²) in [4.78, 5) is 16.0. The fourth-order valence-corrected chi connectivity index (χ4v) is 4.31. The number of pyridine rings is 1. The standard InChI is InChI=1S/C23H24N6OS/c1-16-3-5-19(28-7-9-30-10-8-28)11-20(16)26-23-27-21(14-31-23)18-4-6-22(24-12-18)29-13-17(2)25-15-29/h3-6,11-15H,7-10H2,1-2H3,(H,26,27). The first kappa shape index (κ1) is 19.7. The van der Waals surface area contributed by atoms with E-state index < -0.39 is 0 Å². The maximum atomic E-state index is 5.47. The zero-order valence-corrected chi connectivity index (χ0v) is 18.4. The van der Waals surface area contributed by atoms with E-state index in [4.69, 9.17) is 9.72 Å². The topological polar surface area (TPSA) is 68.1 Å². The second-order valence-corrected chi connectivity index (χ2v) is 8.45. The van der Waals surface area contributed by atoms with E-state index in [2.05, 4.69) is 50.7 Å². The van der Waals surface area contributed by atoms with Crippen LogP contribution in [0.3, 0.4) is 0 Å². The van der Waals surface area contributed by atoms with Crippen molar-refractivity contribution < 1.29 is 4.74 Å². The van der Waals surface area contributed by atoms with Crippen LogP contribution in [0, 0.1) is 13.8 Å². The number of nitrogens with zero attached hydrogens (tertiary/aromatic N) is 5. The molecule has 0 aliphatic carbocycles. The highest BCUT2D eigenvalue weighted by atomic mass is 32.1. The van der Waals surface area contributed by atoms with Gasteiger partial charge in [-0.15, -0.1) is 11.3 Å². The number of anilines is 3. The van der Waals surface area contributed by atoms with Crippen LogP contribution in [0.4, 0.5) is 16.5 Å². The van der Waals surface area contributed by atoms with Crippen LogP contribution in [0.1, 0.15) is 11.3 Å². The Labute approximate surface area is 185 Å². The number of aryl methyl sites for hydroxylation is 2. The third-order valence-electron chi connectivity index (χ3n) is 5.36. The summed E-state index contributed by atoms with van der Waals surface area (Å²) >= 11 is 1.59. The summed E-state index contributed by atoms with van der Waals surface area (Å²) in [5.41, 5.74) is 6.35. The lowest BCUT2D eigenvalue weighted by molar-refractivity contribution is 0.122. The Morgan fingerprint density at radius 1 is 1.06 bits per heavy atom. The summed E-state index contributed by atoms with van der Waals surface area (Å²) in [7, 11) is 0. The lowest BCUT2D eigenvalue weighted by Crippen LogP contribution is -2.36. The van der Waals surface area contributed by atoms with Gasteiger partial charge in [-0.05, 0) is 43.7 Å². The molecule has 0 unspecified atom stereocenters. The number of imidazole rings is 1. The summed E-state index contributed by atoms with van der Waals surface area (Å²) in [5.74, 6) is 0.841. The minimum atomic E-state index is 0.778. The van der Waals surface area contributed by atoms with Crippen molar-refractivity contribution in [2.75, 3.05) is 36.5 Å². The lowest BCUT2D eigenvalue weighted by atomic mass is 10.1. The Balaban J connectivity index is 1.33. The highest BCUT2D eigenvalue weighted by Gasteiger charge is 2.13. The van der Waals surface area contributed by atoms with Crippen molar-refractivity contribution in [1.29, 1.82) is 0 Å². The minimum Gasteiger partial charge on any atom is -0.378 e. The molecule has 0 saturated carbocycles. The number of ether oxygens (including phenoxy) is 1. The summed E-state index contributed by atoms with van der Waals surface area (Å²) in [6.07, 6.45) is 5.59. The van der Waals surface area contributed by atoms with E-state index in [1.807, 2.05) is 36.0 Å². The van der Waals surface area contributed by atoms with E-state index in [0.717, 1.165) is 59.9 Å². The number of thiazole rings is 1. The second-order valence-electron chi connectivity index (χ2n) is 7.59. The molecule has 1 N–H and O–H groups in total. The van der Waals surface area contributed by atoms with Crippen LogP contribution in [0.15, 0.2) is 54.4 Å². The second kappa shape index (κ2) is 8.49. The monoisotopic (exact) mass is 432 g/mol. The highest BCUT2D eigenvalue weighted by Crippen LogP contribution is 2.30. The van der Waals surface area contributed by atoms with Gasteiger partial charge in [-0.25, -0.2) is 15.0 Å². The van der Waals surface area contributed by atoms with Crippen LogP contribution < -0.4 is 10.2 Å². The molecule has 3 aromatic heterocycles. The van der Waals surface area contributed by atoms with Crippen molar-refractivity contribution in [2.24, 2.45) is 0 Å². The van der Waals surface area contributed by atoms with E-state index in [1.165, 1.54) is 11.3 Å². The molecular weight excluding hydrogens is 408 g/mol. The molecule has 1 aliphatic rings. The van der Waals surface area contributed by atoms with Gasteiger partial charge in [0.2, 0.25) is 0 Å². The van der Waals surface area contributed by atoms with Gasteiger partial charge in [-0.2, -0.15) is 0 Å². The quantitative estimate of drug-likeness (QED) is 0.498. The average molecular weight is 433 g/mol.